The minimum absolute atomic E-state index is 0. The van der Waals surface area contributed by atoms with Gasteiger partial charge in [-0.05, 0) is 42.6 Å². The van der Waals surface area contributed by atoms with E-state index in [-0.39, 0.29) is 30.4 Å². The van der Waals surface area contributed by atoms with Crippen molar-refractivity contribution in [3.8, 4) is 11.6 Å². The molecule has 1 aromatic carbocycles. The van der Waals surface area contributed by atoms with Crippen LogP contribution in [0.1, 0.15) is 36.2 Å². The second kappa shape index (κ2) is 11.7. The summed E-state index contributed by atoms with van der Waals surface area (Å²) >= 11 is 0. The lowest BCUT2D eigenvalue weighted by atomic mass is 10.1. The molecule has 0 aliphatic heterocycles. The number of rotatable bonds is 8. The van der Waals surface area contributed by atoms with Crippen molar-refractivity contribution in [1.82, 2.24) is 10.3 Å². The fourth-order valence-electron chi connectivity index (χ4n) is 1.99. The van der Waals surface area contributed by atoms with E-state index in [9.17, 15) is 4.79 Å². The third-order valence-corrected chi connectivity index (χ3v) is 3.36. The molecule has 1 aromatic heterocycles. The van der Waals surface area contributed by atoms with E-state index in [1.165, 1.54) is 24.2 Å². The number of ether oxygens (including phenoxy) is 1. The number of carbonyl (C=O) groups is 1. The molecule has 1 heterocycles. The van der Waals surface area contributed by atoms with Gasteiger partial charge in [-0.1, -0.05) is 26.0 Å². The molecule has 0 fully saturated rings. The van der Waals surface area contributed by atoms with Crippen molar-refractivity contribution in [1.29, 1.82) is 0 Å². The second-order valence-electron chi connectivity index (χ2n) is 5.80. The van der Waals surface area contributed by atoms with Crippen LogP contribution < -0.4 is 10.1 Å². The largest absolute Gasteiger partial charge is 0.478 e. The van der Waals surface area contributed by atoms with E-state index in [0.29, 0.717) is 17.5 Å². The molecule has 5 nitrogen and oxygen atoms in total. The summed E-state index contributed by atoms with van der Waals surface area (Å²) < 4.78 is 5.60. The quantitative estimate of drug-likeness (QED) is 0.650. The number of nitrogens with zero attached hydrogens (tertiary/aromatic N) is 1. The van der Waals surface area contributed by atoms with Gasteiger partial charge >= 0.3 is 5.97 Å². The van der Waals surface area contributed by atoms with E-state index in [0.717, 1.165) is 13.1 Å². The minimum Gasteiger partial charge on any atom is -0.478 e. The van der Waals surface area contributed by atoms with Crippen molar-refractivity contribution >= 4 is 30.8 Å². The van der Waals surface area contributed by atoms with Gasteiger partial charge in [0.1, 0.15) is 5.75 Å². The molecule has 7 heteroatoms. The predicted molar refractivity (Wildman–Crippen MR) is 103 cm³/mol. The number of carboxylic acids is 1. The van der Waals surface area contributed by atoms with Crippen molar-refractivity contribution in [3.63, 3.8) is 0 Å². The molecule has 0 saturated heterocycles. The van der Waals surface area contributed by atoms with Crippen LogP contribution in [0, 0.1) is 5.92 Å². The molecule has 25 heavy (non-hydrogen) atoms. The monoisotopic (exact) mass is 386 g/mol. The Kier molecular flexibility index (Phi) is 10.8. The molecule has 0 atom stereocenters. The number of carboxylic acid groups (broad SMARTS) is 1. The number of benzene rings is 1. The molecule has 0 unspecified atom stereocenters. The molecule has 2 rings (SSSR count). The summed E-state index contributed by atoms with van der Waals surface area (Å²) in [7, 11) is 0. The Morgan fingerprint density at radius 2 is 1.84 bits per heavy atom. The molecule has 0 spiro atoms. The Bertz CT molecular complexity index is 632. The van der Waals surface area contributed by atoms with Crippen LogP contribution in [0.3, 0.4) is 0 Å². The van der Waals surface area contributed by atoms with Crippen molar-refractivity contribution < 1.29 is 14.6 Å². The summed E-state index contributed by atoms with van der Waals surface area (Å²) in [6.07, 6.45) is 2.45. The molecule has 0 bridgehead atoms. The Balaban J connectivity index is 0.00000288. The first-order valence-corrected chi connectivity index (χ1v) is 7.71. The van der Waals surface area contributed by atoms with E-state index < -0.39 is 5.97 Å². The zero-order valence-electron chi connectivity index (χ0n) is 14.3. The Hall–Kier alpha value is -1.82. The molecule has 138 valence electrons. The Morgan fingerprint density at radius 1 is 1.16 bits per heavy atom. The maximum absolute atomic E-state index is 10.8. The van der Waals surface area contributed by atoms with Gasteiger partial charge in [0.05, 0.1) is 5.56 Å². The van der Waals surface area contributed by atoms with E-state index in [1.54, 1.807) is 6.07 Å². The average molecular weight is 387 g/mol. The highest BCUT2D eigenvalue weighted by Gasteiger charge is 2.04. The van der Waals surface area contributed by atoms with Crippen LogP contribution in [0.2, 0.25) is 0 Å². The molecular formula is C18H24Cl2N2O3. The van der Waals surface area contributed by atoms with Gasteiger partial charge in [-0.15, -0.1) is 24.8 Å². The summed E-state index contributed by atoms with van der Waals surface area (Å²) in [6.45, 7) is 6.27. The molecule has 0 radical (unpaired) electrons. The summed E-state index contributed by atoms with van der Waals surface area (Å²) in [5.41, 5.74) is 1.33. The van der Waals surface area contributed by atoms with Gasteiger partial charge in [0.25, 0.3) is 0 Å². The fraction of sp³-hybridized carbons (Fsp3) is 0.333. The molecule has 0 saturated carbocycles. The van der Waals surface area contributed by atoms with Crippen LogP contribution in [0.15, 0.2) is 42.6 Å². The lowest BCUT2D eigenvalue weighted by Crippen LogP contribution is -2.16. The number of aromatic nitrogens is 1. The maximum Gasteiger partial charge on any atom is 0.337 e. The van der Waals surface area contributed by atoms with E-state index in [4.69, 9.17) is 9.84 Å². The van der Waals surface area contributed by atoms with Crippen LogP contribution >= 0.6 is 24.8 Å². The van der Waals surface area contributed by atoms with Gasteiger partial charge in [-0.2, -0.15) is 0 Å². The lowest BCUT2D eigenvalue weighted by molar-refractivity contribution is 0.0696. The van der Waals surface area contributed by atoms with Crippen LogP contribution in [0.5, 0.6) is 11.6 Å². The normalized spacial score (nSPS) is 9.88. The summed E-state index contributed by atoms with van der Waals surface area (Å²) in [6, 6.07) is 10.8. The Morgan fingerprint density at radius 3 is 2.36 bits per heavy atom. The molecule has 2 aromatic rings. The standard InChI is InChI=1S/C18H22N2O3.2ClH/c1-13(2)9-10-19-11-14-3-6-16(7-4-14)23-17-8-5-15(12-20-17)18(21)22;;/h3-8,12-13,19H,9-11H2,1-2H3,(H,21,22);2*1H. The van der Waals surface area contributed by atoms with Gasteiger partial charge in [0.2, 0.25) is 5.88 Å². The number of aromatic carboxylic acids is 1. The van der Waals surface area contributed by atoms with Crippen LogP contribution in [-0.4, -0.2) is 22.6 Å². The minimum atomic E-state index is -1.00. The number of pyridine rings is 1. The number of halogens is 2. The smallest absolute Gasteiger partial charge is 0.337 e. The highest BCUT2D eigenvalue weighted by molar-refractivity contribution is 5.87. The maximum atomic E-state index is 10.8. The zero-order chi connectivity index (χ0) is 16.7. The summed E-state index contributed by atoms with van der Waals surface area (Å²) in [5, 5.41) is 12.2. The third kappa shape index (κ3) is 8.20. The molecule has 0 aliphatic carbocycles. The van der Waals surface area contributed by atoms with Crippen LogP contribution in [0.25, 0.3) is 0 Å². The topological polar surface area (TPSA) is 71.5 Å². The van der Waals surface area contributed by atoms with E-state index in [1.807, 2.05) is 24.3 Å². The predicted octanol–water partition coefficient (Wildman–Crippen LogP) is 4.55. The second-order valence-corrected chi connectivity index (χ2v) is 5.80. The average Bonchev–Trinajstić information content (AvgIpc) is 2.53. The van der Waals surface area contributed by atoms with E-state index >= 15 is 0 Å². The zero-order valence-corrected chi connectivity index (χ0v) is 15.9. The van der Waals surface area contributed by atoms with Crippen molar-refractivity contribution in [2.75, 3.05) is 6.54 Å². The van der Waals surface area contributed by atoms with E-state index in [2.05, 4.69) is 24.1 Å². The Labute approximate surface area is 160 Å². The van der Waals surface area contributed by atoms with Crippen LogP contribution in [0.4, 0.5) is 0 Å². The van der Waals surface area contributed by atoms with Crippen molar-refractivity contribution in [3.05, 3.63) is 53.7 Å². The molecular weight excluding hydrogens is 363 g/mol. The van der Waals surface area contributed by atoms with Crippen molar-refractivity contribution in [2.45, 2.75) is 26.8 Å². The first kappa shape index (κ1) is 23.2. The molecule has 2 N–H and O–H groups in total. The van der Waals surface area contributed by atoms with Crippen LogP contribution in [-0.2, 0) is 6.54 Å². The highest BCUT2D eigenvalue weighted by atomic mass is 35.5. The molecule has 0 aliphatic rings. The SMILES string of the molecule is CC(C)CCNCc1ccc(Oc2ccc(C(=O)O)cn2)cc1.Cl.Cl. The van der Waals surface area contributed by atoms with Gasteiger partial charge in [0, 0.05) is 18.8 Å². The highest BCUT2D eigenvalue weighted by Crippen LogP contribution is 2.20. The molecule has 0 amide bonds. The lowest BCUT2D eigenvalue weighted by Gasteiger charge is -2.08. The van der Waals surface area contributed by atoms with Crippen molar-refractivity contribution in [2.24, 2.45) is 5.92 Å². The summed E-state index contributed by atoms with van der Waals surface area (Å²) in [4.78, 5) is 14.7. The van der Waals surface area contributed by atoms with Gasteiger partial charge in [-0.25, -0.2) is 9.78 Å². The van der Waals surface area contributed by atoms with Gasteiger partial charge in [0.15, 0.2) is 0 Å². The first-order valence-electron chi connectivity index (χ1n) is 7.71. The number of nitrogens with one attached hydrogen (secondary N) is 1. The first-order chi connectivity index (χ1) is 11.0. The van der Waals surface area contributed by atoms with Gasteiger partial charge < -0.3 is 15.2 Å². The van der Waals surface area contributed by atoms with Gasteiger partial charge in [-0.3, -0.25) is 0 Å². The summed E-state index contributed by atoms with van der Waals surface area (Å²) in [5.74, 6) is 0.751. The third-order valence-electron chi connectivity index (χ3n) is 3.36. The number of hydrogen-bond donors (Lipinski definition) is 2. The number of hydrogen-bond acceptors (Lipinski definition) is 4. The fourth-order valence-corrected chi connectivity index (χ4v) is 1.99.